The summed E-state index contributed by atoms with van der Waals surface area (Å²) in [5.41, 5.74) is 5.30. The molecule has 3 aromatic rings. The fraction of sp³-hybridized carbons (Fsp3) is 0.130. The van der Waals surface area contributed by atoms with E-state index in [9.17, 15) is 14.7 Å². The van der Waals surface area contributed by atoms with Gasteiger partial charge in [0.15, 0.2) is 6.61 Å². The van der Waals surface area contributed by atoms with Gasteiger partial charge in [-0.2, -0.15) is 0 Å². The minimum atomic E-state index is -0.690. The van der Waals surface area contributed by atoms with Gasteiger partial charge in [0.2, 0.25) is 0 Å². The van der Waals surface area contributed by atoms with Gasteiger partial charge in [0, 0.05) is 10.7 Å². The van der Waals surface area contributed by atoms with Crippen LogP contribution >= 0.6 is 11.6 Å². The lowest BCUT2D eigenvalue weighted by atomic mass is 10.0. The van der Waals surface area contributed by atoms with Crippen LogP contribution in [0.3, 0.4) is 0 Å². The first-order valence-electron chi connectivity index (χ1n) is 9.58. The van der Waals surface area contributed by atoms with Crippen molar-refractivity contribution < 1.29 is 19.4 Å². The van der Waals surface area contributed by atoms with Crippen molar-refractivity contribution in [2.45, 2.75) is 13.1 Å². The van der Waals surface area contributed by atoms with E-state index in [0.29, 0.717) is 27.6 Å². The highest BCUT2D eigenvalue weighted by Gasteiger charge is 2.34. The highest BCUT2D eigenvalue weighted by molar-refractivity contribution is 6.31. The standard InChI is InChI=1S/C23H20ClN3O4/c1-14-2-9-18(10-3-14)31-13-21(29)26-27-22(15-4-7-17(28)8-5-15)25-20-11-6-16(24)12-19(20)23(27)30/h2-12,22,25,28H,13H2,1H3,(H,26,29). The van der Waals surface area contributed by atoms with Crippen LogP contribution in [0.5, 0.6) is 11.5 Å². The highest BCUT2D eigenvalue weighted by Crippen LogP contribution is 2.33. The molecule has 0 spiro atoms. The Bertz CT molecular complexity index is 1120. The predicted molar refractivity (Wildman–Crippen MR) is 117 cm³/mol. The van der Waals surface area contributed by atoms with Crippen molar-refractivity contribution >= 4 is 29.1 Å². The Hall–Kier alpha value is -3.71. The lowest BCUT2D eigenvalue weighted by Crippen LogP contribution is -2.53. The van der Waals surface area contributed by atoms with E-state index in [-0.39, 0.29) is 12.4 Å². The molecule has 3 N–H and O–H groups in total. The second-order valence-corrected chi connectivity index (χ2v) is 7.58. The topological polar surface area (TPSA) is 90.9 Å². The molecule has 0 aromatic heterocycles. The molecule has 1 heterocycles. The molecule has 0 saturated carbocycles. The minimum Gasteiger partial charge on any atom is -0.508 e. The molecule has 3 aromatic carbocycles. The number of aromatic hydroxyl groups is 1. The van der Waals surface area contributed by atoms with Crippen molar-refractivity contribution in [3.63, 3.8) is 0 Å². The summed E-state index contributed by atoms with van der Waals surface area (Å²) in [7, 11) is 0. The van der Waals surface area contributed by atoms with Gasteiger partial charge in [-0.3, -0.25) is 15.0 Å². The zero-order valence-corrected chi connectivity index (χ0v) is 17.4. The highest BCUT2D eigenvalue weighted by atomic mass is 35.5. The number of hydrogen-bond acceptors (Lipinski definition) is 5. The molecule has 4 rings (SSSR count). The van der Waals surface area contributed by atoms with Crippen molar-refractivity contribution in [2.24, 2.45) is 0 Å². The zero-order valence-electron chi connectivity index (χ0n) is 16.6. The molecule has 2 amide bonds. The number of phenols is 1. The van der Waals surface area contributed by atoms with Gasteiger partial charge in [-0.25, -0.2) is 5.01 Å². The number of hydrogen-bond donors (Lipinski definition) is 3. The molecule has 158 valence electrons. The molecule has 7 nitrogen and oxygen atoms in total. The first-order valence-corrected chi connectivity index (χ1v) is 9.96. The quantitative estimate of drug-likeness (QED) is 0.560. The van der Waals surface area contributed by atoms with Crippen LogP contribution in [-0.4, -0.2) is 28.5 Å². The Labute approximate surface area is 184 Å². The molecule has 0 radical (unpaired) electrons. The third kappa shape index (κ3) is 4.57. The number of phenolic OH excluding ortho intramolecular Hbond substituents is 1. The Balaban J connectivity index is 1.56. The average molecular weight is 438 g/mol. The van der Waals surface area contributed by atoms with Gasteiger partial charge in [0.1, 0.15) is 17.7 Å². The molecule has 1 unspecified atom stereocenters. The van der Waals surface area contributed by atoms with Gasteiger partial charge in [0.25, 0.3) is 11.8 Å². The second kappa shape index (κ2) is 8.57. The SMILES string of the molecule is Cc1ccc(OCC(=O)NN2C(=O)c3cc(Cl)ccc3NC2c2ccc(O)cc2)cc1. The van der Waals surface area contributed by atoms with E-state index in [2.05, 4.69) is 10.7 Å². The zero-order chi connectivity index (χ0) is 22.0. The maximum atomic E-state index is 13.2. The molecule has 1 aliphatic heterocycles. The molecule has 0 aliphatic carbocycles. The third-order valence-corrected chi connectivity index (χ3v) is 5.06. The van der Waals surface area contributed by atoms with Gasteiger partial charge < -0.3 is 15.2 Å². The van der Waals surface area contributed by atoms with E-state index < -0.39 is 18.0 Å². The van der Waals surface area contributed by atoms with Gasteiger partial charge in [-0.05, 0) is 55.0 Å². The predicted octanol–water partition coefficient (Wildman–Crippen LogP) is 4.03. The van der Waals surface area contributed by atoms with Gasteiger partial charge >= 0.3 is 0 Å². The number of hydrazine groups is 1. The molecule has 1 atom stereocenters. The van der Waals surface area contributed by atoms with Crippen molar-refractivity contribution in [1.29, 1.82) is 0 Å². The third-order valence-electron chi connectivity index (χ3n) is 4.83. The van der Waals surface area contributed by atoms with Crippen molar-refractivity contribution in [2.75, 3.05) is 11.9 Å². The number of anilines is 1. The Morgan fingerprint density at radius 3 is 2.55 bits per heavy atom. The van der Waals surface area contributed by atoms with Crippen LogP contribution in [0.1, 0.15) is 27.7 Å². The number of nitrogens with zero attached hydrogens (tertiary/aromatic N) is 1. The van der Waals surface area contributed by atoms with Crippen molar-refractivity contribution in [3.8, 4) is 11.5 Å². The van der Waals surface area contributed by atoms with Crippen LogP contribution in [0.2, 0.25) is 5.02 Å². The largest absolute Gasteiger partial charge is 0.508 e. The minimum absolute atomic E-state index is 0.0974. The van der Waals surface area contributed by atoms with Gasteiger partial charge in [-0.1, -0.05) is 41.4 Å². The fourth-order valence-corrected chi connectivity index (χ4v) is 3.40. The van der Waals surface area contributed by atoms with E-state index in [1.54, 1.807) is 42.5 Å². The summed E-state index contributed by atoms with van der Waals surface area (Å²) >= 11 is 6.06. The lowest BCUT2D eigenvalue weighted by molar-refractivity contribution is -0.127. The number of fused-ring (bicyclic) bond motifs is 1. The summed E-state index contributed by atoms with van der Waals surface area (Å²) < 4.78 is 5.52. The van der Waals surface area contributed by atoms with Crippen LogP contribution in [0.4, 0.5) is 5.69 Å². The van der Waals surface area contributed by atoms with E-state index in [4.69, 9.17) is 16.3 Å². The van der Waals surface area contributed by atoms with Crippen LogP contribution in [0.25, 0.3) is 0 Å². The van der Waals surface area contributed by atoms with Crippen molar-refractivity contribution in [3.05, 3.63) is 88.4 Å². The summed E-state index contributed by atoms with van der Waals surface area (Å²) in [6.45, 7) is 1.69. The van der Waals surface area contributed by atoms with E-state index in [1.807, 2.05) is 19.1 Å². The molecule has 0 bridgehead atoms. The number of carbonyl (C=O) groups is 2. The van der Waals surface area contributed by atoms with Gasteiger partial charge in [-0.15, -0.1) is 0 Å². The van der Waals surface area contributed by atoms with Crippen molar-refractivity contribution in [1.82, 2.24) is 10.4 Å². The number of amides is 2. The molecule has 8 heteroatoms. The molecule has 0 fully saturated rings. The summed E-state index contributed by atoms with van der Waals surface area (Å²) in [5, 5.41) is 14.4. The smallest absolute Gasteiger partial charge is 0.276 e. The summed E-state index contributed by atoms with van der Waals surface area (Å²) in [4.78, 5) is 25.8. The van der Waals surface area contributed by atoms with E-state index >= 15 is 0 Å². The number of benzene rings is 3. The van der Waals surface area contributed by atoms with Crippen LogP contribution in [0, 0.1) is 6.92 Å². The number of ether oxygens (including phenoxy) is 1. The molecule has 0 saturated heterocycles. The van der Waals surface area contributed by atoms with Crippen LogP contribution < -0.4 is 15.5 Å². The average Bonchev–Trinajstić information content (AvgIpc) is 2.76. The molecular formula is C23H20ClN3O4. The summed E-state index contributed by atoms with van der Waals surface area (Å²) in [6.07, 6.45) is -0.690. The Morgan fingerprint density at radius 1 is 1.13 bits per heavy atom. The number of halogens is 1. The fourth-order valence-electron chi connectivity index (χ4n) is 3.23. The first-order chi connectivity index (χ1) is 14.9. The number of aryl methyl sites for hydroxylation is 1. The maximum absolute atomic E-state index is 13.2. The summed E-state index contributed by atoms with van der Waals surface area (Å²) in [6, 6.07) is 18.6. The number of nitrogens with one attached hydrogen (secondary N) is 2. The Morgan fingerprint density at radius 2 is 1.84 bits per heavy atom. The molecule has 31 heavy (non-hydrogen) atoms. The van der Waals surface area contributed by atoms with Gasteiger partial charge in [0.05, 0.1) is 5.56 Å². The Kier molecular flexibility index (Phi) is 5.68. The monoisotopic (exact) mass is 437 g/mol. The normalized spacial score (nSPS) is 15.1. The second-order valence-electron chi connectivity index (χ2n) is 7.14. The molecule has 1 aliphatic rings. The number of rotatable bonds is 5. The number of carbonyl (C=O) groups excluding carboxylic acids is 2. The van der Waals surface area contributed by atoms with E-state index in [1.165, 1.54) is 17.1 Å². The first kappa shape index (κ1) is 20.6. The van der Waals surface area contributed by atoms with Crippen LogP contribution in [0.15, 0.2) is 66.7 Å². The van der Waals surface area contributed by atoms with Crippen LogP contribution in [-0.2, 0) is 4.79 Å². The maximum Gasteiger partial charge on any atom is 0.276 e. The molecular weight excluding hydrogens is 418 g/mol. The lowest BCUT2D eigenvalue weighted by Gasteiger charge is -2.37. The summed E-state index contributed by atoms with van der Waals surface area (Å²) in [5.74, 6) is -0.265. The van der Waals surface area contributed by atoms with E-state index in [0.717, 1.165) is 5.56 Å².